The van der Waals surface area contributed by atoms with E-state index in [0.717, 1.165) is 5.56 Å². The number of aromatic hydroxyl groups is 1. The van der Waals surface area contributed by atoms with Crippen LogP contribution in [-0.2, 0) is 0 Å². The molecule has 2 aromatic rings. The van der Waals surface area contributed by atoms with E-state index in [4.69, 9.17) is 5.11 Å². The number of ketones is 1. The molecule has 0 saturated carbocycles. The van der Waals surface area contributed by atoms with E-state index in [1.54, 1.807) is 6.07 Å². The zero-order valence-corrected chi connectivity index (χ0v) is 11.8. The third-order valence-electron chi connectivity index (χ3n) is 3.04. The number of phenols is 1. The molecule has 0 heterocycles. The van der Waals surface area contributed by atoms with E-state index in [1.807, 2.05) is 31.2 Å². The summed E-state index contributed by atoms with van der Waals surface area (Å²) in [6.07, 6.45) is 0.00194. The molecule has 0 aliphatic rings. The Morgan fingerprint density at radius 3 is 2.29 bits per heavy atom. The van der Waals surface area contributed by atoms with E-state index < -0.39 is 0 Å². The molecule has 2 aromatic carbocycles. The largest absolute Gasteiger partial charge is 0.507 e. The van der Waals surface area contributed by atoms with Gasteiger partial charge < -0.3 is 10.2 Å². The summed E-state index contributed by atoms with van der Waals surface area (Å²) in [5, 5.41) is 18.6. The van der Waals surface area contributed by atoms with Crippen LogP contribution >= 0.6 is 0 Å². The number of rotatable bonds is 3. The Labute approximate surface area is 123 Å². The zero-order valence-electron chi connectivity index (χ0n) is 11.8. The Morgan fingerprint density at radius 2 is 1.67 bits per heavy atom. The number of benzene rings is 2. The summed E-state index contributed by atoms with van der Waals surface area (Å²) in [5.74, 6) is 5.56. The molecule has 0 aromatic heterocycles. The van der Waals surface area contributed by atoms with Crippen LogP contribution in [0.3, 0.4) is 0 Å². The maximum Gasteiger partial charge on any atom is 0.168 e. The summed E-state index contributed by atoms with van der Waals surface area (Å²) in [6, 6.07) is 12.5. The summed E-state index contributed by atoms with van der Waals surface area (Å²) < 4.78 is 0. The Bertz CT molecular complexity index is 703. The standard InChI is InChI=1S/C18H16O3/c1-13-2-4-14(5-3-13)6-7-15-8-9-16(18(21)12-15)17(20)10-11-19/h2-5,8-9,12,19,21H,10-11H2,1H3. The fourth-order valence-electron chi connectivity index (χ4n) is 1.86. The predicted molar refractivity (Wildman–Crippen MR) is 81.3 cm³/mol. The van der Waals surface area contributed by atoms with Crippen LogP contribution in [0.2, 0.25) is 0 Å². The van der Waals surface area contributed by atoms with Gasteiger partial charge in [-0.3, -0.25) is 4.79 Å². The van der Waals surface area contributed by atoms with Gasteiger partial charge in [0.25, 0.3) is 0 Å². The van der Waals surface area contributed by atoms with Crippen molar-refractivity contribution in [2.24, 2.45) is 0 Å². The Hall–Kier alpha value is -2.57. The van der Waals surface area contributed by atoms with E-state index in [1.165, 1.54) is 17.7 Å². The topological polar surface area (TPSA) is 57.5 Å². The highest BCUT2D eigenvalue weighted by molar-refractivity contribution is 5.98. The van der Waals surface area contributed by atoms with Crippen LogP contribution in [0.5, 0.6) is 5.75 Å². The fraction of sp³-hybridized carbons (Fsp3) is 0.167. The summed E-state index contributed by atoms with van der Waals surface area (Å²) >= 11 is 0. The molecule has 0 unspecified atom stereocenters. The molecular weight excluding hydrogens is 264 g/mol. The van der Waals surface area contributed by atoms with Crippen LogP contribution in [0.15, 0.2) is 42.5 Å². The Kier molecular flexibility index (Phi) is 4.76. The van der Waals surface area contributed by atoms with Gasteiger partial charge >= 0.3 is 0 Å². The van der Waals surface area contributed by atoms with Gasteiger partial charge in [-0.05, 0) is 37.3 Å². The van der Waals surface area contributed by atoms with Gasteiger partial charge in [0.15, 0.2) is 5.78 Å². The van der Waals surface area contributed by atoms with Crippen LogP contribution in [-0.4, -0.2) is 22.6 Å². The fourth-order valence-corrected chi connectivity index (χ4v) is 1.86. The minimum atomic E-state index is -0.284. The first kappa shape index (κ1) is 14.8. The van der Waals surface area contributed by atoms with Gasteiger partial charge in [0.1, 0.15) is 5.75 Å². The third-order valence-corrected chi connectivity index (χ3v) is 3.04. The number of aliphatic hydroxyl groups excluding tert-OH is 1. The van der Waals surface area contributed by atoms with Crippen molar-refractivity contribution < 1.29 is 15.0 Å². The maximum absolute atomic E-state index is 11.6. The number of carbonyl (C=O) groups excluding carboxylic acids is 1. The Balaban J connectivity index is 2.21. The van der Waals surface area contributed by atoms with Gasteiger partial charge in [-0.25, -0.2) is 0 Å². The first-order valence-electron chi connectivity index (χ1n) is 6.66. The molecule has 0 saturated heterocycles. The number of carbonyl (C=O) groups is 1. The van der Waals surface area contributed by atoms with Crippen LogP contribution in [0, 0.1) is 18.8 Å². The normalized spacial score (nSPS) is 9.81. The number of aliphatic hydroxyl groups is 1. The van der Waals surface area contributed by atoms with Crippen LogP contribution in [0.4, 0.5) is 0 Å². The van der Waals surface area contributed by atoms with Crippen molar-refractivity contribution in [2.75, 3.05) is 6.61 Å². The van der Waals surface area contributed by atoms with E-state index in [2.05, 4.69) is 11.8 Å². The molecule has 3 nitrogen and oxygen atoms in total. The quantitative estimate of drug-likeness (QED) is 0.671. The second-order valence-electron chi connectivity index (χ2n) is 4.74. The summed E-state index contributed by atoms with van der Waals surface area (Å²) in [6.45, 7) is 1.78. The van der Waals surface area contributed by atoms with Gasteiger partial charge in [-0.2, -0.15) is 0 Å². The predicted octanol–water partition coefficient (Wildman–Crippen LogP) is 2.67. The number of Topliss-reactive ketones (excluding diaryl/α,β-unsaturated/α-hetero) is 1. The molecule has 21 heavy (non-hydrogen) atoms. The monoisotopic (exact) mass is 280 g/mol. The number of hydrogen-bond donors (Lipinski definition) is 2. The van der Waals surface area contributed by atoms with Gasteiger partial charge in [0.05, 0.1) is 12.2 Å². The molecule has 0 fully saturated rings. The van der Waals surface area contributed by atoms with Crippen molar-refractivity contribution in [1.29, 1.82) is 0 Å². The van der Waals surface area contributed by atoms with Crippen molar-refractivity contribution in [3.63, 3.8) is 0 Å². The number of hydrogen-bond acceptors (Lipinski definition) is 3. The van der Waals surface area contributed by atoms with Gasteiger partial charge in [-0.15, -0.1) is 0 Å². The van der Waals surface area contributed by atoms with E-state index in [9.17, 15) is 9.90 Å². The molecule has 2 rings (SSSR count). The summed E-state index contributed by atoms with van der Waals surface area (Å²) in [5.41, 5.74) is 2.91. The van der Waals surface area contributed by atoms with Crippen LogP contribution < -0.4 is 0 Å². The van der Waals surface area contributed by atoms with Crippen molar-refractivity contribution in [2.45, 2.75) is 13.3 Å². The average molecular weight is 280 g/mol. The summed E-state index contributed by atoms with van der Waals surface area (Å²) in [7, 11) is 0. The molecule has 0 amide bonds. The SMILES string of the molecule is Cc1ccc(C#Cc2ccc(C(=O)CCO)c(O)c2)cc1. The molecule has 106 valence electrons. The molecule has 0 atom stereocenters. The average Bonchev–Trinajstić information content (AvgIpc) is 2.47. The molecule has 0 spiro atoms. The lowest BCUT2D eigenvalue weighted by atomic mass is 10.0. The van der Waals surface area contributed by atoms with Crippen LogP contribution in [0.25, 0.3) is 0 Å². The number of phenolic OH excluding ortho intramolecular Hbond substituents is 1. The maximum atomic E-state index is 11.6. The van der Waals surface area contributed by atoms with Gasteiger partial charge in [0, 0.05) is 17.5 Å². The summed E-state index contributed by atoms with van der Waals surface area (Å²) in [4.78, 5) is 11.6. The second kappa shape index (κ2) is 6.74. The first-order chi connectivity index (χ1) is 10.1. The smallest absolute Gasteiger partial charge is 0.168 e. The number of aryl methyl sites for hydroxylation is 1. The van der Waals surface area contributed by atoms with Crippen molar-refractivity contribution in [1.82, 2.24) is 0 Å². The van der Waals surface area contributed by atoms with Gasteiger partial charge in [0.2, 0.25) is 0 Å². The van der Waals surface area contributed by atoms with Crippen molar-refractivity contribution in [3.05, 3.63) is 64.7 Å². The second-order valence-corrected chi connectivity index (χ2v) is 4.74. The first-order valence-corrected chi connectivity index (χ1v) is 6.66. The molecule has 0 radical (unpaired) electrons. The van der Waals surface area contributed by atoms with E-state index >= 15 is 0 Å². The third kappa shape index (κ3) is 3.95. The lowest BCUT2D eigenvalue weighted by Crippen LogP contribution is -2.02. The van der Waals surface area contributed by atoms with Crippen molar-refractivity contribution in [3.8, 4) is 17.6 Å². The molecule has 2 N–H and O–H groups in total. The molecule has 0 aliphatic heterocycles. The van der Waals surface area contributed by atoms with Crippen LogP contribution in [0.1, 0.15) is 33.5 Å². The lowest BCUT2D eigenvalue weighted by molar-refractivity contribution is 0.0954. The molecule has 3 heteroatoms. The highest BCUT2D eigenvalue weighted by atomic mass is 16.3. The minimum absolute atomic E-state index is 0.00194. The molecule has 0 aliphatic carbocycles. The highest BCUT2D eigenvalue weighted by Crippen LogP contribution is 2.20. The lowest BCUT2D eigenvalue weighted by Gasteiger charge is -2.02. The minimum Gasteiger partial charge on any atom is -0.507 e. The van der Waals surface area contributed by atoms with E-state index in [0.29, 0.717) is 5.56 Å². The highest BCUT2D eigenvalue weighted by Gasteiger charge is 2.10. The van der Waals surface area contributed by atoms with E-state index in [-0.39, 0.29) is 30.1 Å². The zero-order chi connectivity index (χ0) is 15.2. The molecule has 0 bridgehead atoms. The van der Waals surface area contributed by atoms with Gasteiger partial charge in [-0.1, -0.05) is 29.5 Å². The Morgan fingerprint density at radius 1 is 1.05 bits per heavy atom. The van der Waals surface area contributed by atoms with Crippen molar-refractivity contribution >= 4 is 5.78 Å². The molecular formula is C18H16O3.